The standard InChI is InChI=1S/C12H25NO3/c1-6-10(13)9(7-11(14)15-4)8-12(2,3)16-5/h9-10H,6-8,13H2,1-5H3. The number of hydrogen-bond donors (Lipinski definition) is 1. The number of nitrogens with two attached hydrogens (primary N) is 1. The average Bonchev–Trinajstić information content (AvgIpc) is 2.26. The first kappa shape index (κ1) is 15.4. The Morgan fingerprint density at radius 1 is 1.38 bits per heavy atom. The fourth-order valence-corrected chi connectivity index (χ4v) is 1.72. The molecule has 0 fully saturated rings. The lowest BCUT2D eigenvalue weighted by atomic mass is 9.85. The summed E-state index contributed by atoms with van der Waals surface area (Å²) in [6.07, 6.45) is 1.97. The Labute approximate surface area is 98.5 Å². The minimum atomic E-state index is -0.258. The van der Waals surface area contributed by atoms with Crippen molar-refractivity contribution < 1.29 is 14.3 Å². The Kier molecular flexibility index (Phi) is 6.60. The smallest absolute Gasteiger partial charge is 0.305 e. The van der Waals surface area contributed by atoms with Crippen LogP contribution >= 0.6 is 0 Å². The van der Waals surface area contributed by atoms with Gasteiger partial charge < -0.3 is 15.2 Å². The zero-order valence-electron chi connectivity index (χ0n) is 11.1. The van der Waals surface area contributed by atoms with E-state index < -0.39 is 0 Å². The maximum Gasteiger partial charge on any atom is 0.305 e. The zero-order chi connectivity index (χ0) is 12.8. The highest BCUT2D eigenvalue weighted by molar-refractivity contribution is 5.69. The van der Waals surface area contributed by atoms with Crippen LogP contribution in [0, 0.1) is 5.92 Å². The van der Waals surface area contributed by atoms with Gasteiger partial charge >= 0.3 is 5.97 Å². The topological polar surface area (TPSA) is 61.6 Å². The van der Waals surface area contributed by atoms with Gasteiger partial charge in [0.2, 0.25) is 0 Å². The van der Waals surface area contributed by atoms with Crippen LogP contribution in [0.1, 0.15) is 40.0 Å². The second kappa shape index (κ2) is 6.86. The van der Waals surface area contributed by atoms with Crippen molar-refractivity contribution in [2.45, 2.75) is 51.7 Å². The van der Waals surface area contributed by atoms with E-state index in [1.54, 1.807) is 7.11 Å². The number of carbonyl (C=O) groups is 1. The lowest BCUT2D eigenvalue weighted by Crippen LogP contribution is -2.37. The highest BCUT2D eigenvalue weighted by Crippen LogP contribution is 2.25. The van der Waals surface area contributed by atoms with E-state index in [-0.39, 0.29) is 23.5 Å². The van der Waals surface area contributed by atoms with Crippen molar-refractivity contribution >= 4 is 5.97 Å². The Morgan fingerprint density at radius 2 is 1.94 bits per heavy atom. The average molecular weight is 231 g/mol. The summed E-state index contributed by atoms with van der Waals surface area (Å²) in [5.74, 6) is -0.104. The second-order valence-electron chi connectivity index (χ2n) is 4.78. The maximum absolute atomic E-state index is 11.3. The van der Waals surface area contributed by atoms with Gasteiger partial charge in [-0.3, -0.25) is 4.79 Å². The zero-order valence-corrected chi connectivity index (χ0v) is 11.1. The molecule has 0 aromatic rings. The Balaban J connectivity index is 4.49. The van der Waals surface area contributed by atoms with Gasteiger partial charge in [-0.1, -0.05) is 6.92 Å². The molecular formula is C12H25NO3. The van der Waals surface area contributed by atoms with Crippen LogP contribution in [0.4, 0.5) is 0 Å². The van der Waals surface area contributed by atoms with E-state index in [9.17, 15) is 4.79 Å². The summed E-state index contributed by atoms with van der Waals surface area (Å²) in [4.78, 5) is 11.3. The summed E-state index contributed by atoms with van der Waals surface area (Å²) < 4.78 is 10.1. The van der Waals surface area contributed by atoms with Gasteiger partial charge in [-0.2, -0.15) is 0 Å². The predicted octanol–water partition coefficient (Wildman–Crippen LogP) is 1.72. The molecule has 0 aromatic heterocycles. The molecule has 0 aliphatic rings. The van der Waals surface area contributed by atoms with E-state index in [2.05, 4.69) is 4.74 Å². The van der Waals surface area contributed by atoms with Crippen LogP contribution in [0.25, 0.3) is 0 Å². The van der Waals surface area contributed by atoms with Gasteiger partial charge in [0.05, 0.1) is 12.7 Å². The summed E-state index contributed by atoms with van der Waals surface area (Å²) in [5, 5.41) is 0. The minimum absolute atomic E-state index is 0.00789. The summed E-state index contributed by atoms with van der Waals surface area (Å²) in [7, 11) is 3.07. The number of hydrogen-bond acceptors (Lipinski definition) is 4. The number of esters is 1. The molecule has 0 heterocycles. The molecule has 0 bridgehead atoms. The highest BCUT2D eigenvalue weighted by Gasteiger charge is 2.28. The van der Waals surface area contributed by atoms with Crippen LogP contribution in [0.15, 0.2) is 0 Å². The van der Waals surface area contributed by atoms with Crippen LogP contribution < -0.4 is 5.73 Å². The van der Waals surface area contributed by atoms with E-state index in [1.165, 1.54) is 7.11 Å². The van der Waals surface area contributed by atoms with Crippen LogP contribution in [-0.2, 0) is 14.3 Å². The van der Waals surface area contributed by atoms with Crippen molar-refractivity contribution in [3.8, 4) is 0 Å². The van der Waals surface area contributed by atoms with Crippen LogP contribution in [0.3, 0.4) is 0 Å². The monoisotopic (exact) mass is 231 g/mol. The van der Waals surface area contributed by atoms with Crippen molar-refractivity contribution in [3.05, 3.63) is 0 Å². The number of carbonyl (C=O) groups excluding carboxylic acids is 1. The normalized spacial score (nSPS) is 15.6. The first-order valence-corrected chi connectivity index (χ1v) is 5.73. The van der Waals surface area contributed by atoms with E-state index in [0.717, 1.165) is 12.8 Å². The lowest BCUT2D eigenvalue weighted by Gasteiger charge is -2.31. The molecule has 2 atom stereocenters. The summed E-state index contributed by atoms with van der Waals surface area (Å²) in [6.45, 7) is 6.02. The van der Waals surface area contributed by atoms with E-state index >= 15 is 0 Å². The molecule has 0 spiro atoms. The molecule has 96 valence electrons. The van der Waals surface area contributed by atoms with Gasteiger partial charge in [-0.15, -0.1) is 0 Å². The Bertz CT molecular complexity index is 216. The molecule has 0 aromatic carbocycles. The first-order chi connectivity index (χ1) is 7.36. The molecule has 0 saturated carbocycles. The van der Waals surface area contributed by atoms with Crippen molar-refractivity contribution in [3.63, 3.8) is 0 Å². The molecule has 4 heteroatoms. The van der Waals surface area contributed by atoms with Crippen molar-refractivity contribution in [1.82, 2.24) is 0 Å². The van der Waals surface area contributed by atoms with Gasteiger partial charge in [0.25, 0.3) is 0 Å². The number of methoxy groups -OCH3 is 2. The van der Waals surface area contributed by atoms with E-state index in [1.807, 2.05) is 20.8 Å². The molecule has 0 saturated heterocycles. The third-order valence-corrected chi connectivity index (χ3v) is 3.04. The predicted molar refractivity (Wildman–Crippen MR) is 64.1 cm³/mol. The van der Waals surface area contributed by atoms with E-state index in [0.29, 0.717) is 6.42 Å². The first-order valence-electron chi connectivity index (χ1n) is 5.73. The van der Waals surface area contributed by atoms with Crippen molar-refractivity contribution in [2.24, 2.45) is 11.7 Å². The fraction of sp³-hybridized carbons (Fsp3) is 0.917. The molecule has 0 aliphatic carbocycles. The van der Waals surface area contributed by atoms with Crippen LogP contribution in [-0.4, -0.2) is 31.8 Å². The van der Waals surface area contributed by atoms with E-state index in [4.69, 9.17) is 10.5 Å². The highest BCUT2D eigenvalue weighted by atomic mass is 16.5. The third-order valence-electron chi connectivity index (χ3n) is 3.04. The summed E-state index contributed by atoms with van der Waals surface area (Å²) >= 11 is 0. The van der Waals surface area contributed by atoms with Gasteiger partial charge in [0, 0.05) is 19.6 Å². The molecule has 0 aliphatic heterocycles. The SMILES string of the molecule is CCC(N)C(CC(=O)OC)CC(C)(C)OC. The molecule has 16 heavy (non-hydrogen) atoms. The van der Waals surface area contributed by atoms with Gasteiger partial charge in [0.15, 0.2) is 0 Å². The van der Waals surface area contributed by atoms with Crippen molar-refractivity contribution in [2.75, 3.05) is 14.2 Å². The largest absolute Gasteiger partial charge is 0.469 e. The third kappa shape index (κ3) is 5.47. The quantitative estimate of drug-likeness (QED) is 0.678. The molecule has 0 radical (unpaired) electrons. The molecule has 2 unspecified atom stereocenters. The van der Waals surface area contributed by atoms with Gasteiger partial charge in [-0.05, 0) is 32.6 Å². The molecule has 0 rings (SSSR count). The summed E-state index contributed by atoms with van der Waals surface area (Å²) in [5.41, 5.74) is 5.76. The van der Waals surface area contributed by atoms with Crippen LogP contribution in [0.2, 0.25) is 0 Å². The molecule has 0 amide bonds. The van der Waals surface area contributed by atoms with Gasteiger partial charge in [0.1, 0.15) is 0 Å². The lowest BCUT2D eigenvalue weighted by molar-refractivity contribution is -0.142. The molecule has 4 nitrogen and oxygen atoms in total. The number of rotatable bonds is 7. The molecule has 2 N–H and O–H groups in total. The Morgan fingerprint density at radius 3 is 2.31 bits per heavy atom. The fourth-order valence-electron chi connectivity index (χ4n) is 1.72. The summed E-state index contributed by atoms with van der Waals surface area (Å²) in [6, 6.07) is 0.00789. The number of ether oxygens (including phenoxy) is 2. The second-order valence-corrected chi connectivity index (χ2v) is 4.78. The Hall–Kier alpha value is -0.610. The molecular weight excluding hydrogens is 206 g/mol. The maximum atomic E-state index is 11.3. The minimum Gasteiger partial charge on any atom is -0.469 e. The van der Waals surface area contributed by atoms with Crippen LogP contribution in [0.5, 0.6) is 0 Å². The van der Waals surface area contributed by atoms with Gasteiger partial charge in [-0.25, -0.2) is 0 Å². The van der Waals surface area contributed by atoms with Crippen molar-refractivity contribution in [1.29, 1.82) is 0 Å².